The summed E-state index contributed by atoms with van der Waals surface area (Å²) in [6, 6.07) is 13.1. The third kappa shape index (κ3) is 3.25. The fraction of sp³-hybridized carbons (Fsp3) is 0.200. The van der Waals surface area contributed by atoms with Gasteiger partial charge in [-0.3, -0.25) is 4.79 Å². The predicted molar refractivity (Wildman–Crippen MR) is 96.6 cm³/mol. The van der Waals surface area contributed by atoms with Gasteiger partial charge in [0.05, 0.1) is 5.39 Å². The Hall–Kier alpha value is -3.10. The van der Waals surface area contributed by atoms with Crippen LogP contribution in [0, 0.1) is 18.3 Å². The number of pyridine rings is 1. The zero-order valence-electron chi connectivity index (χ0n) is 13.9. The van der Waals surface area contributed by atoms with Gasteiger partial charge in [-0.05, 0) is 53.6 Å². The number of benzene rings is 2. The van der Waals surface area contributed by atoms with Gasteiger partial charge in [-0.2, -0.15) is 5.26 Å². The van der Waals surface area contributed by atoms with E-state index in [1.54, 1.807) is 18.3 Å². The average Bonchev–Trinajstić information content (AvgIpc) is 2.62. The van der Waals surface area contributed by atoms with Crippen LogP contribution in [0.2, 0.25) is 0 Å². The molecule has 1 aromatic heterocycles. The summed E-state index contributed by atoms with van der Waals surface area (Å²) in [5.74, 6) is 0.483. The number of aliphatic hydroxyl groups excluding tert-OH is 1. The number of nitriles is 1. The summed E-state index contributed by atoms with van der Waals surface area (Å²) in [6.07, 6.45) is 2.25. The van der Waals surface area contributed by atoms with Gasteiger partial charge in [0.25, 0.3) is 5.56 Å². The van der Waals surface area contributed by atoms with Crippen molar-refractivity contribution in [3.05, 3.63) is 64.1 Å². The first-order valence-corrected chi connectivity index (χ1v) is 8.00. The second-order valence-corrected chi connectivity index (χ2v) is 5.77. The molecule has 0 aliphatic rings. The van der Waals surface area contributed by atoms with E-state index in [2.05, 4.69) is 4.98 Å². The van der Waals surface area contributed by atoms with Crippen LogP contribution in [0.3, 0.4) is 0 Å². The molecule has 5 nitrogen and oxygen atoms in total. The molecule has 0 aliphatic carbocycles. The molecule has 0 atom stereocenters. The zero-order chi connectivity index (χ0) is 17.8. The Morgan fingerprint density at radius 2 is 2.08 bits per heavy atom. The topological polar surface area (TPSA) is 86.1 Å². The van der Waals surface area contributed by atoms with Crippen LogP contribution in [0.4, 0.5) is 0 Å². The summed E-state index contributed by atoms with van der Waals surface area (Å²) < 4.78 is 5.30. The van der Waals surface area contributed by atoms with Crippen molar-refractivity contribution in [3.63, 3.8) is 0 Å². The van der Waals surface area contributed by atoms with E-state index in [-0.39, 0.29) is 18.8 Å². The van der Waals surface area contributed by atoms with E-state index >= 15 is 0 Å². The number of nitrogens with zero attached hydrogens (tertiary/aromatic N) is 1. The molecule has 3 aromatic rings. The lowest BCUT2D eigenvalue weighted by Gasteiger charge is -2.15. The summed E-state index contributed by atoms with van der Waals surface area (Å²) in [4.78, 5) is 15.1. The van der Waals surface area contributed by atoms with Crippen LogP contribution < -0.4 is 10.3 Å². The molecule has 5 heteroatoms. The maximum atomic E-state index is 12.3. The van der Waals surface area contributed by atoms with Crippen LogP contribution >= 0.6 is 0 Å². The molecule has 0 saturated heterocycles. The molecule has 0 radical (unpaired) electrons. The summed E-state index contributed by atoms with van der Waals surface area (Å²) >= 11 is 0. The maximum Gasteiger partial charge on any atom is 0.255 e. The first-order valence-electron chi connectivity index (χ1n) is 8.00. The quantitative estimate of drug-likeness (QED) is 0.751. The van der Waals surface area contributed by atoms with E-state index in [9.17, 15) is 9.90 Å². The van der Waals surface area contributed by atoms with Crippen LogP contribution in [-0.4, -0.2) is 23.3 Å². The van der Waals surface area contributed by atoms with Crippen molar-refractivity contribution >= 4 is 10.8 Å². The zero-order valence-corrected chi connectivity index (χ0v) is 13.9. The SMILES string of the molecule is Cc1cccc(CCO)c1-c1c[nH]c(=O)c2cc(OCC#N)ccc12. The van der Waals surface area contributed by atoms with Crippen LogP contribution in [-0.2, 0) is 6.42 Å². The number of aromatic nitrogens is 1. The lowest BCUT2D eigenvalue weighted by atomic mass is 9.91. The van der Waals surface area contributed by atoms with Crippen molar-refractivity contribution in [2.75, 3.05) is 13.2 Å². The molecular formula is C20H18N2O3. The van der Waals surface area contributed by atoms with Gasteiger partial charge in [0.15, 0.2) is 6.61 Å². The second-order valence-electron chi connectivity index (χ2n) is 5.77. The third-order valence-corrected chi connectivity index (χ3v) is 4.19. The van der Waals surface area contributed by atoms with Gasteiger partial charge in [0, 0.05) is 18.4 Å². The first kappa shape index (κ1) is 16.7. The van der Waals surface area contributed by atoms with Crippen molar-refractivity contribution in [2.24, 2.45) is 0 Å². The van der Waals surface area contributed by atoms with Gasteiger partial charge >= 0.3 is 0 Å². The highest BCUT2D eigenvalue weighted by Gasteiger charge is 2.13. The summed E-state index contributed by atoms with van der Waals surface area (Å²) in [7, 11) is 0. The van der Waals surface area contributed by atoms with Gasteiger partial charge in [0.2, 0.25) is 0 Å². The fourth-order valence-electron chi connectivity index (χ4n) is 3.09. The number of rotatable bonds is 5. The Bertz CT molecular complexity index is 1020. The number of ether oxygens (including phenoxy) is 1. The van der Waals surface area contributed by atoms with Crippen LogP contribution in [0.25, 0.3) is 21.9 Å². The molecule has 25 heavy (non-hydrogen) atoms. The molecule has 0 aliphatic heterocycles. The van der Waals surface area contributed by atoms with Crippen LogP contribution in [0.5, 0.6) is 5.75 Å². The number of H-pyrrole nitrogens is 1. The number of aliphatic hydroxyl groups is 1. The van der Waals surface area contributed by atoms with E-state index in [1.165, 1.54) is 0 Å². The molecule has 0 fully saturated rings. The highest BCUT2D eigenvalue weighted by atomic mass is 16.5. The predicted octanol–water partition coefficient (Wildman–Crippen LogP) is 2.94. The molecule has 2 aromatic carbocycles. The Morgan fingerprint density at radius 1 is 1.24 bits per heavy atom. The Morgan fingerprint density at radius 3 is 2.84 bits per heavy atom. The smallest absolute Gasteiger partial charge is 0.255 e. The van der Waals surface area contributed by atoms with Gasteiger partial charge < -0.3 is 14.8 Å². The fourth-order valence-corrected chi connectivity index (χ4v) is 3.09. The van der Waals surface area contributed by atoms with E-state index < -0.39 is 0 Å². The molecule has 0 saturated carbocycles. The number of hydrogen-bond acceptors (Lipinski definition) is 4. The minimum absolute atomic E-state index is 0.0594. The normalized spacial score (nSPS) is 10.6. The maximum absolute atomic E-state index is 12.3. The Balaban J connectivity index is 2.24. The van der Waals surface area contributed by atoms with E-state index in [1.807, 2.05) is 37.3 Å². The van der Waals surface area contributed by atoms with Crippen LogP contribution in [0.15, 0.2) is 47.4 Å². The first-order chi connectivity index (χ1) is 12.2. The second kappa shape index (κ2) is 7.20. The standard InChI is InChI=1S/C20H18N2O3/c1-13-3-2-4-14(7-9-23)19(13)18-12-22-20(24)17-11-15(25-10-8-21)5-6-16(17)18/h2-6,11-12,23H,7,9-10H2,1H3,(H,22,24). The summed E-state index contributed by atoms with van der Waals surface area (Å²) in [5.41, 5.74) is 3.81. The number of aryl methyl sites for hydroxylation is 1. The van der Waals surface area contributed by atoms with E-state index in [0.717, 1.165) is 27.6 Å². The van der Waals surface area contributed by atoms with E-state index in [0.29, 0.717) is 17.6 Å². The summed E-state index contributed by atoms with van der Waals surface area (Å²) in [6.45, 7) is 2.00. The Labute approximate surface area is 145 Å². The lowest BCUT2D eigenvalue weighted by molar-refractivity contribution is 0.300. The highest BCUT2D eigenvalue weighted by molar-refractivity contribution is 5.97. The molecule has 126 valence electrons. The number of aromatic amines is 1. The molecule has 2 N–H and O–H groups in total. The molecular weight excluding hydrogens is 316 g/mol. The largest absolute Gasteiger partial charge is 0.479 e. The van der Waals surface area contributed by atoms with Crippen molar-refractivity contribution in [1.82, 2.24) is 4.98 Å². The minimum Gasteiger partial charge on any atom is -0.479 e. The molecule has 0 amide bonds. The molecule has 0 bridgehead atoms. The van der Waals surface area contributed by atoms with Gasteiger partial charge in [0.1, 0.15) is 11.8 Å². The van der Waals surface area contributed by atoms with Gasteiger partial charge in [-0.25, -0.2) is 0 Å². The van der Waals surface area contributed by atoms with Crippen molar-refractivity contribution in [3.8, 4) is 22.9 Å². The van der Waals surface area contributed by atoms with Crippen molar-refractivity contribution < 1.29 is 9.84 Å². The lowest BCUT2D eigenvalue weighted by Crippen LogP contribution is -2.07. The molecule has 1 heterocycles. The van der Waals surface area contributed by atoms with E-state index in [4.69, 9.17) is 10.00 Å². The van der Waals surface area contributed by atoms with Crippen LogP contribution in [0.1, 0.15) is 11.1 Å². The van der Waals surface area contributed by atoms with Gasteiger partial charge in [-0.1, -0.05) is 18.2 Å². The monoisotopic (exact) mass is 334 g/mol. The van der Waals surface area contributed by atoms with Gasteiger partial charge in [-0.15, -0.1) is 0 Å². The molecule has 0 unspecified atom stereocenters. The third-order valence-electron chi connectivity index (χ3n) is 4.19. The molecule has 0 spiro atoms. The number of hydrogen-bond donors (Lipinski definition) is 2. The highest BCUT2D eigenvalue weighted by Crippen LogP contribution is 2.33. The number of fused-ring (bicyclic) bond motifs is 1. The Kier molecular flexibility index (Phi) is 4.82. The van der Waals surface area contributed by atoms with Crippen molar-refractivity contribution in [1.29, 1.82) is 5.26 Å². The number of nitrogens with one attached hydrogen (secondary N) is 1. The molecule has 3 rings (SSSR count). The minimum atomic E-state index is -0.210. The summed E-state index contributed by atoms with van der Waals surface area (Å²) in [5, 5.41) is 19.3. The average molecular weight is 334 g/mol. The van der Waals surface area contributed by atoms with Crippen molar-refractivity contribution in [2.45, 2.75) is 13.3 Å².